The van der Waals surface area contributed by atoms with E-state index in [1.165, 1.54) is 25.1 Å². The molecule has 1 aromatic heterocycles. The van der Waals surface area contributed by atoms with Gasteiger partial charge in [-0.2, -0.15) is 0 Å². The Morgan fingerprint density at radius 1 is 1.03 bits per heavy atom. The number of aromatic nitrogens is 1. The number of benzene rings is 3. The first-order chi connectivity index (χ1) is 17.5. The number of hydrogen-bond donors (Lipinski definition) is 4. The molecular weight excluding hydrogens is 514 g/mol. The second kappa shape index (κ2) is 10.3. The number of carbonyl (C=O) groups excluding carboxylic acids is 2. The fourth-order valence-electron chi connectivity index (χ4n) is 4.13. The molecule has 4 N–H and O–H groups in total. The molecule has 1 heterocycles. The van der Waals surface area contributed by atoms with Gasteiger partial charge in [-0.05, 0) is 79.9 Å². The predicted molar refractivity (Wildman–Crippen MR) is 142 cm³/mol. The van der Waals surface area contributed by atoms with Gasteiger partial charge in [0.05, 0.1) is 4.90 Å². The summed E-state index contributed by atoms with van der Waals surface area (Å²) in [7, 11) is -4.14. The number of aromatic hydroxyl groups is 1. The van der Waals surface area contributed by atoms with E-state index in [1.807, 2.05) is 6.07 Å². The molecule has 0 saturated carbocycles. The Morgan fingerprint density at radius 3 is 2.41 bits per heavy atom. The number of halogens is 1. The van der Waals surface area contributed by atoms with E-state index in [2.05, 4.69) is 15.6 Å². The summed E-state index contributed by atoms with van der Waals surface area (Å²) < 4.78 is 27.6. The maximum Gasteiger partial charge on any atom is 0.269 e. The van der Waals surface area contributed by atoms with Crippen molar-refractivity contribution in [2.45, 2.75) is 43.1 Å². The lowest BCUT2D eigenvalue weighted by Crippen LogP contribution is -2.44. The summed E-state index contributed by atoms with van der Waals surface area (Å²) in [6.07, 6.45) is 0. The normalized spacial score (nSPS) is 12.3. The fourth-order valence-corrected chi connectivity index (χ4v) is 6.09. The van der Waals surface area contributed by atoms with Crippen LogP contribution in [0.15, 0.2) is 70.5 Å². The quantitative estimate of drug-likeness (QED) is 0.276. The zero-order valence-corrected chi connectivity index (χ0v) is 22.0. The summed E-state index contributed by atoms with van der Waals surface area (Å²) in [6, 6.07) is 15.1. The first kappa shape index (κ1) is 26.2. The third-order valence-electron chi connectivity index (χ3n) is 5.83. The van der Waals surface area contributed by atoms with Crippen molar-refractivity contribution >= 4 is 44.2 Å². The van der Waals surface area contributed by atoms with E-state index in [1.54, 1.807) is 50.2 Å². The summed E-state index contributed by atoms with van der Waals surface area (Å²) in [5.41, 5.74) is 2.43. The van der Waals surface area contributed by atoms with Crippen molar-refractivity contribution in [1.29, 1.82) is 0 Å². The van der Waals surface area contributed by atoms with E-state index < -0.39 is 27.7 Å². The number of phenols is 1. The third-order valence-corrected chi connectivity index (χ3v) is 7.89. The van der Waals surface area contributed by atoms with Crippen LogP contribution in [0.3, 0.4) is 0 Å². The molecule has 192 valence electrons. The number of aryl methyl sites for hydroxylation is 2. The van der Waals surface area contributed by atoms with Crippen molar-refractivity contribution in [1.82, 2.24) is 15.6 Å². The van der Waals surface area contributed by atoms with Crippen molar-refractivity contribution in [3.63, 3.8) is 0 Å². The highest BCUT2D eigenvalue weighted by Gasteiger charge is 2.31. The van der Waals surface area contributed by atoms with Crippen LogP contribution in [0, 0.1) is 13.8 Å². The lowest BCUT2D eigenvalue weighted by atomic mass is 10.2. The summed E-state index contributed by atoms with van der Waals surface area (Å²) in [5, 5.41) is 15.4. The zero-order chi connectivity index (χ0) is 26.9. The van der Waals surface area contributed by atoms with Crippen LogP contribution >= 0.6 is 11.6 Å². The van der Waals surface area contributed by atoms with Crippen LogP contribution in [0.4, 0.5) is 0 Å². The predicted octanol–water partition coefficient (Wildman–Crippen LogP) is 4.41. The van der Waals surface area contributed by atoms with Gasteiger partial charge < -0.3 is 20.7 Å². The van der Waals surface area contributed by atoms with Gasteiger partial charge in [0.1, 0.15) is 22.4 Å². The Morgan fingerprint density at radius 2 is 1.73 bits per heavy atom. The van der Waals surface area contributed by atoms with Gasteiger partial charge in [-0.25, -0.2) is 8.42 Å². The molecule has 1 unspecified atom stereocenters. The molecule has 2 amide bonds. The van der Waals surface area contributed by atoms with Gasteiger partial charge >= 0.3 is 0 Å². The molecular formula is C27H26ClN3O5S. The van der Waals surface area contributed by atoms with E-state index in [4.69, 9.17) is 11.6 Å². The molecule has 0 bridgehead atoms. The molecule has 0 aliphatic carbocycles. The van der Waals surface area contributed by atoms with Gasteiger partial charge in [0.15, 0.2) is 0 Å². The average molecular weight is 540 g/mol. The molecule has 4 rings (SSSR count). The smallest absolute Gasteiger partial charge is 0.269 e. The van der Waals surface area contributed by atoms with Gasteiger partial charge in [-0.15, -0.1) is 0 Å². The van der Waals surface area contributed by atoms with Gasteiger partial charge in [-0.1, -0.05) is 29.8 Å². The minimum absolute atomic E-state index is 0.0526. The van der Waals surface area contributed by atoms with Crippen LogP contribution < -0.4 is 10.6 Å². The topological polar surface area (TPSA) is 128 Å². The molecule has 0 fully saturated rings. The van der Waals surface area contributed by atoms with E-state index in [9.17, 15) is 23.1 Å². The highest BCUT2D eigenvalue weighted by Crippen LogP contribution is 2.34. The van der Waals surface area contributed by atoms with Crippen LogP contribution in [0.1, 0.15) is 34.1 Å². The van der Waals surface area contributed by atoms with Crippen molar-refractivity contribution in [3.05, 3.63) is 88.1 Å². The Kier molecular flexibility index (Phi) is 7.29. The number of nitrogens with one attached hydrogen (secondary N) is 3. The molecule has 0 spiro atoms. The maximum absolute atomic E-state index is 13.8. The van der Waals surface area contributed by atoms with Gasteiger partial charge in [0, 0.05) is 22.5 Å². The second-order valence-electron chi connectivity index (χ2n) is 8.93. The molecule has 1 atom stereocenters. The minimum atomic E-state index is -4.14. The molecule has 0 radical (unpaired) electrons. The van der Waals surface area contributed by atoms with Crippen molar-refractivity contribution in [2.24, 2.45) is 0 Å². The lowest BCUT2D eigenvalue weighted by molar-refractivity contribution is -0.122. The Bertz CT molecular complexity index is 1610. The number of aromatic amines is 1. The first-order valence-electron chi connectivity index (χ1n) is 11.5. The Hall–Kier alpha value is -3.82. The highest BCUT2D eigenvalue weighted by molar-refractivity contribution is 7.91. The number of phenolic OH excluding ortho intramolecular Hbond substituents is 1. The van der Waals surface area contributed by atoms with Crippen LogP contribution in [0.2, 0.25) is 5.02 Å². The molecule has 37 heavy (non-hydrogen) atoms. The lowest BCUT2D eigenvalue weighted by Gasteiger charge is -2.15. The van der Waals surface area contributed by atoms with Gasteiger partial charge in [0.2, 0.25) is 15.7 Å². The summed E-state index contributed by atoms with van der Waals surface area (Å²) >= 11 is 6.17. The minimum Gasteiger partial charge on any atom is -0.508 e. The molecule has 0 aliphatic rings. The third kappa shape index (κ3) is 5.63. The van der Waals surface area contributed by atoms with Crippen molar-refractivity contribution in [2.75, 3.05) is 0 Å². The van der Waals surface area contributed by atoms with E-state index in [0.29, 0.717) is 16.1 Å². The highest BCUT2D eigenvalue weighted by atomic mass is 35.5. The maximum atomic E-state index is 13.8. The number of carbonyl (C=O) groups is 2. The number of rotatable bonds is 7. The number of hydrogen-bond acceptors (Lipinski definition) is 5. The summed E-state index contributed by atoms with van der Waals surface area (Å²) in [4.78, 5) is 28.7. The number of amides is 2. The molecule has 8 nitrogen and oxygen atoms in total. The summed E-state index contributed by atoms with van der Waals surface area (Å²) in [6.45, 7) is 5.23. The average Bonchev–Trinajstić information content (AvgIpc) is 3.21. The van der Waals surface area contributed by atoms with Gasteiger partial charge in [0.25, 0.3) is 5.91 Å². The zero-order valence-electron chi connectivity index (χ0n) is 20.4. The molecule has 10 heteroatoms. The number of sulfone groups is 1. The van der Waals surface area contributed by atoms with E-state index in [0.717, 1.165) is 11.1 Å². The van der Waals surface area contributed by atoms with E-state index >= 15 is 0 Å². The van der Waals surface area contributed by atoms with Crippen LogP contribution in [0.25, 0.3) is 10.9 Å². The molecule has 3 aromatic carbocycles. The SMILES string of the molecule is Cc1cc(C)cc(S(=O)(=O)c2c(C(=O)NC(C)C(=O)NCc3cccc(O)c3)[nH]c3ccc(Cl)cc23)c1. The van der Waals surface area contributed by atoms with E-state index in [-0.39, 0.29) is 33.2 Å². The van der Waals surface area contributed by atoms with Crippen LogP contribution in [-0.2, 0) is 21.2 Å². The first-order valence-corrected chi connectivity index (χ1v) is 13.3. The standard InChI is InChI=1S/C27H26ClN3O5S/c1-15-9-16(2)11-21(10-15)37(35,36)25-22-13-19(28)7-8-23(22)31-24(25)27(34)30-17(3)26(33)29-14-18-5-4-6-20(32)12-18/h4-13,17,31-32H,14H2,1-3H3,(H,29,33)(H,30,34). The number of H-pyrrole nitrogens is 1. The van der Waals surface area contributed by atoms with Crippen LogP contribution in [0.5, 0.6) is 5.75 Å². The Balaban J connectivity index is 1.66. The van der Waals surface area contributed by atoms with Crippen LogP contribution in [-0.4, -0.2) is 36.4 Å². The van der Waals surface area contributed by atoms with Gasteiger partial charge in [-0.3, -0.25) is 9.59 Å². The largest absolute Gasteiger partial charge is 0.508 e. The van der Waals surface area contributed by atoms with Crippen molar-refractivity contribution in [3.8, 4) is 5.75 Å². The number of fused-ring (bicyclic) bond motifs is 1. The molecule has 0 aliphatic heterocycles. The summed E-state index contributed by atoms with van der Waals surface area (Å²) in [5.74, 6) is -1.16. The molecule has 4 aromatic rings. The fraction of sp³-hybridized carbons (Fsp3) is 0.185. The Labute approximate surface area is 219 Å². The monoisotopic (exact) mass is 539 g/mol. The molecule has 0 saturated heterocycles. The van der Waals surface area contributed by atoms with Crippen molar-refractivity contribution < 1.29 is 23.1 Å². The second-order valence-corrected chi connectivity index (χ2v) is 11.3.